The molecule has 0 spiro atoms. The molecular formula is C16H18BrN. The van der Waals surface area contributed by atoms with Crippen LogP contribution in [0, 0.1) is 6.92 Å². The third kappa shape index (κ3) is 3.36. The molecule has 0 aromatic heterocycles. The molecule has 0 unspecified atom stereocenters. The Morgan fingerprint density at radius 1 is 1.11 bits per heavy atom. The summed E-state index contributed by atoms with van der Waals surface area (Å²) in [7, 11) is 0. The molecule has 2 heteroatoms. The molecule has 0 aliphatic rings. The van der Waals surface area contributed by atoms with E-state index < -0.39 is 0 Å². The van der Waals surface area contributed by atoms with E-state index in [4.69, 9.17) is 0 Å². The molecule has 0 bridgehead atoms. The van der Waals surface area contributed by atoms with Gasteiger partial charge in [-0.1, -0.05) is 47.1 Å². The number of nitrogens with one attached hydrogen (secondary N) is 1. The number of hydrogen-bond acceptors (Lipinski definition) is 1. The highest BCUT2D eigenvalue weighted by molar-refractivity contribution is 9.10. The maximum absolute atomic E-state index is 3.61. The van der Waals surface area contributed by atoms with Gasteiger partial charge in [0, 0.05) is 16.7 Å². The Labute approximate surface area is 117 Å². The lowest BCUT2D eigenvalue weighted by atomic mass is 10.1. The van der Waals surface area contributed by atoms with Crippen LogP contribution in [0.5, 0.6) is 0 Å². The summed E-state index contributed by atoms with van der Waals surface area (Å²) in [5.41, 5.74) is 5.10. The standard InChI is InChI=1S/C16H18BrN/c1-3-13-5-4-6-15(10-13)18-11-14-8-7-12(2)9-16(14)17/h4-10,18H,3,11H2,1-2H3. The summed E-state index contributed by atoms with van der Waals surface area (Å²) in [5, 5.41) is 3.47. The summed E-state index contributed by atoms with van der Waals surface area (Å²) in [6.45, 7) is 5.12. The number of hydrogen-bond donors (Lipinski definition) is 1. The molecule has 2 rings (SSSR count). The van der Waals surface area contributed by atoms with Crippen LogP contribution in [-0.4, -0.2) is 0 Å². The number of benzene rings is 2. The topological polar surface area (TPSA) is 12.0 Å². The summed E-state index contributed by atoms with van der Waals surface area (Å²) < 4.78 is 1.17. The van der Waals surface area contributed by atoms with E-state index in [1.165, 1.54) is 26.9 Å². The number of rotatable bonds is 4. The quantitative estimate of drug-likeness (QED) is 0.844. The Morgan fingerprint density at radius 3 is 2.67 bits per heavy atom. The van der Waals surface area contributed by atoms with Crippen LogP contribution in [0.3, 0.4) is 0 Å². The average Bonchev–Trinajstić information content (AvgIpc) is 2.38. The van der Waals surface area contributed by atoms with Gasteiger partial charge in [-0.25, -0.2) is 0 Å². The fraction of sp³-hybridized carbons (Fsp3) is 0.250. The zero-order valence-electron chi connectivity index (χ0n) is 10.8. The van der Waals surface area contributed by atoms with Crippen molar-refractivity contribution in [1.82, 2.24) is 0 Å². The van der Waals surface area contributed by atoms with Gasteiger partial charge in [-0.2, -0.15) is 0 Å². The summed E-state index contributed by atoms with van der Waals surface area (Å²) in [5.74, 6) is 0. The minimum atomic E-state index is 0.841. The van der Waals surface area contributed by atoms with E-state index >= 15 is 0 Å². The van der Waals surface area contributed by atoms with Gasteiger partial charge in [0.25, 0.3) is 0 Å². The Morgan fingerprint density at radius 2 is 1.94 bits per heavy atom. The van der Waals surface area contributed by atoms with Crippen LogP contribution in [-0.2, 0) is 13.0 Å². The number of aryl methyl sites for hydroxylation is 2. The average molecular weight is 304 g/mol. The third-order valence-corrected chi connectivity index (χ3v) is 3.76. The predicted molar refractivity (Wildman–Crippen MR) is 82.0 cm³/mol. The second-order valence-electron chi connectivity index (χ2n) is 4.50. The summed E-state index contributed by atoms with van der Waals surface area (Å²) >= 11 is 3.61. The maximum Gasteiger partial charge on any atom is 0.0411 e. The van der Waals surface area contributed by atoms with Crippen LogP contribution in [0.2, 0.25) is 0 Å². The molecule has 18 heavy (non-hydrogen) atoms. The molecule has 0 aliphatic heterocycles. The first-order chi connectivity index (χ1) is 8.69. The fourth-order valence-corrected chi connectivity index (χ4v) is 2.53. The van der Waals surface area contributed by atoms with E-state index in [1.54, 1.807) is 0 Å². The van der Waals surface area contributed by atoms with Gasteiger partial charge in [0.05, 0.1) is 0 Å². The van der Waals surface area contributed by atoms with Gasteiger partial charge in [-0.15, -0.1) is 0 Å². The summed E-state index contributed by atoms with van der Waals surface area (Å²) in [4.78, 5) is 0. The fourth-order valence-electron chi connectivity index (χ4n) is 1.89. The van der Waals surface area contributed by atoms with Crippen LogP contribution in [0.1, 0.15) is 23.6 Å². The molecule has 0 fully saturated rings. The first-order valence-electron chi connectivity index (χ1n) is 6.27. The largest absolute Gasteiger partial charge is 0.381 e. The van der Waals surface area contributed by atoms with Crippen LogP contribution in [0.15, 0.2) is 46.9 Å². The zero-order chi connectivity index (χ0) is 13.0. The van der Waals surface area contributed by atoms with Crippen molar-refractivity contribution in [2.24, 2.45) is 0 Å². The Balaban J connectivity index is 2.06. The van der Waals surface area contributed by atoms with Gasteiger partial charge in [0.2, 0.25) is 0 Å². The molecule has 0 radical (unpaired) electrons. The summed E-state index contributed by atoms with van der Waals surface area (Å²) in [6, 6.07) is 15.0. The Bertz CT molecular complexity index is 534. The highest BCUT2D eigenvalue weighted by Crippen LogP contribution is 2.20. The van der Waals surface area contributed by atoms with Crippen LogP contribution in [0.25, 0.3) is 0 Å². The molecule has 2 aromatic carbocycles. The van der Waals surface area contributed by atoms with Gasteiger partial charge < -0.3 is 5.32 Å². The van der Waals surface area contributed by atoms with Gasteiger partial charge in [0.15, 0.2) is 0 Å². The highest BCUT2D eigenvalue weighted by atomic mass is 79.9. The first-order valence-corrected chi connectivity index (χ1v) is 7.06. The minimum Gasteiger partial charge on any atom is -0.381 e. The van der Waals surface area contributed by atoms with Gasteiger partial charge in [-0.3, -0.25) is 0 Å². The molecule has 0 saturated heterocycles. The molecule has 0 amide bonds. The van der Waals surface area contributed by atoms with Crippen molar-refractivity contribution >= 4 is 21.6 Å². The SMILES string of the molecule is CCc1cccc(NCc2ccc(C)cc2Br)c1. The molecule has 1 N–H and O–H groups in total. The van der Waals surface area contributed by atoms with Gasteiger partial charge >= 0.3 is 0 Å². The van der Waals surface area contributed by atoms with Crippen molar-refractivity contribution in [2.75, 3.05) is 5.32 Å². The van der Waals surface area contributed by atoms with Crippen molar-refractivity contribution < 1.29 is 0 Å². The van der Waals surface area contributed by atoms with E-state index in [0.29, 0.717) is 0 Å². The number of anilines is 1. The Hall–Kier alpha value is -1.28. The first kappa shape index (κ1) is 13.2. The van der Waals surface area contributed by atoms with Crippen LogP contribution in [0.4, 0.5) is 5.69 Å². The molecule has 0 aliphatic carbocycles. The van der Waals surface area contributed by atoms with Crippen LogP contribution < -0.4 is 5.32 Å². The van der Waals surface area contributed by atoms with Crippen molar-refractivity contribution in [3.63, 3.8) is 0 Å². The van der Waals surface area contributed by atoms with Crippen molar-refractivity contribution in [2.45, 2.75) is 26.8 Å². The van der Waals surface area contributed by atoms with E-state index in [0.717, 1.165) is 13.0 Å². The number of halogens is 1. The van der Waals surface area contributed by atoms with E-state index in [-0.39, 0.29) is 0 Å². The predicted octanol–water partition coefficient (Wildman–Crippen LogP) is 4.93. The highest BCUT2D eigenvalue weighted by Gasteiger charge is 2.00. The van der Waals surface area contributed by atoms with E-state index in [1.807, 2.05) is 0 Å². The third-order valence-electron chi connectivity index (χ3n) is 3.03. The van der Waals surface area contributed by atoms with Gasteiger partial charge in [0.1, 0.15) is 0 Å². The molecule has 2 aromatic rings. The van der Waals surface area contributed by atoms with Gasteiger partial charge in [-0.05, 0) is 48.2 Å². The smallest absolute Gasteiger partial charge is 0.0411 e. The molecule has 0 atom stereocenters. The molecular weight excluding hydrogens is 286 g/mol. The normalized spacial score (nSPS) is 10.4. The lowest BCUT2D eigenvalue weighted by Crippen LogP contribution is -2.00. The second-order valence-corrected chi connectivity index (χ2v) is 5.36. The lowest BCUT2D eigenvalue weighted by molar-refractivity contribution is 1.11. The molecule has 94 valence electrons. The minimum absolute atomic E-state index is 0.841. The van der Waals surface area contributed by atoms with Crippen molar-refractivity contribution in [3.8, 4) is 0 Å². The summed E-state index contributed by atoms with van der Waals surface area (Å²) in [6.07, 6.45) is 1.07. The lowest BCUT2D eigenvalue weighted by Gasteiger charge is -2.10. The van der Waals surface area contributed by atoms with Crippen LogP contribution >= 0.6 is 15.9 Å². The molecule has 1 nitrogen and oxygen atoms in total. The second kappa shape index (κ2) is 6.05. The molecule has 0 saturated carbocycles. The maximum atomic E-state index is 3.61. The van der Waals surface area contributed by atoms with E-state index in [9.17, 15) is 0 Å². The van der Waals surface area contributed by atoms with Crippen molar-refractivity contribution in [3.05, 3.63) is 63.6 Å². The monoisotopic (exact) mass is 303 g/mol. The Kier molecular flexibility index (Phi) is 4.43. The zero-order valence-corrected chi connectivity index (χ0v) is 12.4. The van der Waals surface area contributed by atoms with E-state index in [2.05, 4.69) is 77.6 Å². The van der Waals surface area contributed by atoms with Crippen molar-refractivity contribution in [1.29, 1.82) is 0 Å². The molecule has 0 heterocycles.